The maximum Gasteiger partial charge on any atom is 0.229 e. The third-order valence-electron chi connectivity index (χ3n) is 2.53. The Hall–Kier alpha value is -1.27. The fraction of sp³-hybridized carbons (Fsp3) is 0.333. The van der Waals surface area contributed by atoms with E-state index in [1.165, 1.54) is 6.07 Å². The number of aliphatic hydroxyl groups is 1. The quantitative estimate of drug-likeness (QED) is 0.942. The van der Waals surface area contributed by atoms with Crippen LogP contribution in [-0.2, 0) is 6.42 Å². The molecule has 0 aliphatic carbocycles. The Morgan fingerprint density at radius 3 is 2.94 bits per heavy atom. The second-order valence-electron chi connectivity index (χ2n) is 3.91. The fourth-order valence-electron chi connectivity index (χ4n) is 1.44. The first-order valence-electron chi connectivity index (χ1n) is 5.56. The zero-order valence-electron chi connectivity index (χ0n) is 9.73. The highest BCUT2D eigenvalue weighted by molar-refractivity contribution is 9.10. The molecular weight excluding hydrogens is 303 g/mol. The van der Waals surface area contributed by atoms with E-state index in [2.05, 4.69) is 26.1 Å². The van der Waals surface area contributed by atoms with Crippen molar-refractivity contribution < 1.29 is 14.0 Å². The average Bonchev–Trinajstić information content (AvgIpc) is 2.81. The monoisotopic (exact) mass is 314 g/mol. The summed E-state index contributed by atoms with van der Waals surface area (Å²) in [6.45, 7) is 1.87. The van der Waals surface area contributed by atoms with Crippen molar-refractivity contribution in [2.24, 2.45) is 0 Å². The van der Waals surface area contributed by atoms with Crippen LogP contribution in [0.4, 0.5) is 4.39 Å². The summed E-state index contributed by atoms with van der Waals surface area (Å²) in [5.41, 5.74) is 0.657. The van der Waals surface area contributed by atoms with Crippen LogP contribution in [0.25, 0.3) is 11.4 Å². The van der Waals surface area contributed by atoms with Gasteiger partial charge in [-0.15, -0.1) is 0 Å². The summed E-state index contributed by atoms with van der Waals surface area (Å²) in [6, 6.07) is 4.49. The molecule has 0 radical (unpaired) electrons. The number of nitrogens with zero attached hydrogens (tertiary/aromatic N) is 2. The molecule has 2 aromatic rings. The molecule has 0 bridgehead atoms. The van der Waals surface area contributed by atoms with E-state index in [1.54, 1.807) is 12.1 Å². The Morgan fingerprint density at radius 2 is 2.28 bits per heavy atom. The molecule has 1 aromatic carbocycles. The van der Waals surface area contributed by atoms with Crippen LogP contribution in [0.1, 0.15) is 19.2 Å². The van der Waals surface area contributed by atoms with Crippen molar-refractivity contribution in [3.8, 4) is 11.4 Å². The highest BCUT2D eigenvalue weighted by Crippen LogP contribution is 2.23. The molecule has 1 unspecified atom stereocenters. The molecule has 1 aromatic heterocycles. The van der Waals surface area contributed by atoms with Crippen molar-refractivity contribution in [3.63, 3.8) is 0 Å². The second kappa shape index (κ2) is 5.58. The summed E-state index contributed by atoms with van der Waals surface area (Å²) in [6.07, 6.45) is 0.462. The van der Waals surface area contributed by atoms with Gasteiger partial charge < -0.3 is 9.63 Å². The van der Waals surface area contributed by atoms with E-state index in [0.29, 0.717) is 34.6 Å². The summed E-state index contributed by atoms with van der Waals surface area (Å²) in [5.74, 6) is 0.415. The van der Waals surface area contributed by atoms with E-state index < -0.39 is 6.10 Å². The number of aromatic nitrogens is 2. The van der Waals surface area contributed by atoms with E-state index in [4.69, 9.17) is 4.52 Å². The van der Waals surface area contributed by atoms with Gasteiger partial charge in [-0.3, -0.25) is 0 Å². The lowest BCUT2D eigenvalue weighted by atomic mass is 10.2. The van der Waals surface area contributed by atoms with E-state index in [0.717, 1.165) is 0 Å². The molecule has 1 heterocycles. The van der Waals surface area contributed by atoms with Crippen molar-refractivity contribution in [1.82, 2.24) is 10.1 Å². The van der Waals surface area contributed by atoms with Crippen LogP contribution in [0, 0.1) is 5.82 Å². The fourth-order valence-corrected chi connectivity index (χ4v) is 1.81. The van der Waals surface area contributed by atoms with Crippen LogP contribution in [0.15, 0.2) is 27.2 Å². The molecule has 0 saturated heterocycles. The van der Waals surface area contributed by atoms with Gasteiger partial charge in [-0.2, -0.15) is 4.98 Å². The highest BCUT2D eigenvalue weighted by Gasteiger charge is 2.13. The topological polar surface area (TPSA) is 59.2 Å². The molecule has 0 fully saturated rings. The van der Waals surface area contributed by atoms with E-state index in [1.807, 2.05) is 6.92 Å². The minimum Gasteiger partial charge on any atom is -0.393 e. The Balaban J connectivity index is 2.21. The molecule has 4 nitrogen and oxygen atoms in total. The van der Waals surface area contributed by atoms with Crippen molar-refractivity contribution in [2.75, 3.05) is 0 Å². The van der Waals surface area contributed by atoms with E-state index in [-0.39, 0.29) is 5.82 Å². The number of benzene rings is 1. The smallest absolute Gasteiger partial charge is 0.229 e. The lowest BCUT2D eigenvalue weighted by molar-refractivity contribution is 0.158. The zero-order valence-corrected chi connectivity index (χ0v) is 11.3. The summed E-state index contributed by atoms with van der Waals surface area (Å²) in [5, 5.41) is 13.3. The minimum atomic E-state index is -0.488. The van der Waals surface area contributed by atoms with Crippen molar-refractivity contribution in [3.05, 3.63) is 34.4 Å². The van der Waals surface area contributed by atoms with Gasteiger partial charge in [-0.05, 0) is 40.5 Å². The van der Waals surface area contributed by atoms with Crippen molar-refractivity contribution in [1.29, 1.82) is 0 Å². The number of rotatable bonds is 4. The number of hydrogen-bond donors (Lipinski definition) is 1. The highest BCUT2D eigenvalue weighted by atomic mass is 79.9. The normalized spacial score (nSPS) is 12.7. The predicted molar refractivity (Wildman–Crippen MR) is 67.4 cm³/mol. The molecule has 0 amide bonds. The molecule has 0 aliphatic rings. The third kappa shape index (κ3) is 2.94. The minimum absolute atomic E-state index is 0.325. The van der Waals surface area contributed by atoms with Crippen LogP contribution >= 0.6 is 15.9 Å². The lowest BCUT2D eigenvalue weighted by Crippen LogP contribution is -2.08. The Morgan fingerprint density at radius 1 is 1.50 bits per heavy atom. The van der Waals surface area contributed by atoms with Crippen LogP contribution in [0.2, 0.25) is 0 Å². The van der Waals surface area contributed by atoms with Gasteiger partial charge >= 0.3 is 0 Å². The van der Waals surface area contributed by atoms with Gasteiger partial charge in [0.2, 0.25) is 11.7 Å². The Kier molecular flexibility index (Phi) is 4.08. The molecule has 96 valence electrons. The van der Waals surface area contributed by atoms with Gasteiger partial charge in [0.05, 0.1) is 17.0 Å². The Bertz CT molecular complexity index is 545. The molecule has 18 heavy (non-hydrogen) atoms. The molecule has 0 spiro atoms. The van der Waals surface area contributed by atoms with E-state index >= 15 is 0 Å². The van der Waals surface area contributed by atoms with Gasteiger partial charge in [0.15, 0.2) is 0 Å². The van der Waals surface area contributed by atoms with Gasteiger partial charge in [-0.25, -0.2) is 4.39 Å². The molecule has 0 aliphatic heterocycles. The summed E-state index contributed by atoms with van der Waals surface area (Å²) >= 11 is 3.10. The zero-order chi connectivity index (χ0) is 13.1. The third-order valence-corrected chi connectivity index (χ3v) is 3.14. The first-order chi connectivity index (χ1) is 8.60. The van der Waals surface area contributed by atoms with Crippen LogP contribution in [0.5, 0.6) is 0 Å². The SMILES string of the molecule is CCC(O)Cc1nc(-c2ccc(F)c(Br)c2)no1. The van der Waals surface area contributed by atoms with Gasteiger partial charge in [0.1, 0.15) is 5.82 Å². The molecular formula is C12H12BrFN2O2. The second-order valence-corrected chi connectivity index (χ2v) is 4.76. The largest absolute Gasteiger partial charge is 0.393 e. The predicted octanol–water partition coefficient (Wildman–Crippen LogP) is 2.95. The first kappa shape index (κ1) is 13.2. The van der Waals surface area contributed by atoms with Gasteiger partial charge in [-0.1, -0.05) is 12.1 Å². The number of halogens is 2. The number of hydrogen-bond acceptors (Lipinski definition) is 4. The first-order valence-corrected chi connectivity index (χ1v) is 6.35. The van der Waals surface area contributed by atoms with Crippen LogP contribution in [0.3, 0.4) is 0 Å². The summed E-state index contributed by atoms with van der Waals surface area (Å²) in [7, 11) is 0. The Labute approximate surface area is 112 Å². The lowest BCUT2D eigenvalue weighted by Gasteiger charge is -2.01. The maximum atomic E-state index is 13.1. The molecule has 6 heteroatoms. The molecule has 2 rings (SSSR count). The van der Waals surface area contributed by atoms with Crippen LogP contribution in [-0.4, -0.2) is 21.4 Å². The van der Waals surface area contributed by atoms with Crippen molar-refractivity contribution in [2.45, 2.75) is 25.9 Å². The van der Waals surface area contributed by atoms with Crippen LogP contribution < -0.4 is 0 Å². The maximum absolute atomic E-state index is 13.1. The van der Waals surface area contributed by atoms with Gasteiger partial charge in [0.25, 0.3) is 0 Å². The number of aliphatic hydroxyl groups excluding tert-OH is 1. The van der Waals surface area contributed by atoms with E-state index in [9.17, 15) is 9.50 Å². The standard InChI is InChI=1S/C12H12BrFN2O2/c1-2-8(17)6-11-15-12(16-18-11)7-3-4-10(14)9(13)5-7/h3-5,8,17H,2,6H2,1H3. The van der Waals surface area contributed by atoms with Crippen molar-refractivity contribution >= 4 is 15.9 Å². The summed E-state index contributed by atoms with van der Waals surface area (Å²) in [4.78, 5) is 4.16. The molecule has 0 saturated carbocycles. The molecule has 1 atom stereocenters. The average molecular weight is 315 g/mol. The molecule has 1 N–H and O–H groups in total. The van der Waals surface area contributed by atoms with Gasteiger partial charge in [0, 0.05) is 5.56 Å². The summed E-state index contributed by atoms with van der Waals surface area (Å²) < 4.78 is 18.5.